The van der Waals surface area contributed by atoms with Crippen molar-refractivity contribution < 1.29 is 0 Å². The maximum Gasteiger partial charge on any atom is 0.354 e. The zero-order chi connectivity index (χ0) is 27.8. The van der Waals surface area contributed by atoms with E-state index in [0.29, 0.717) is 24.7 Å². The lowest BCUT2D eigenvalue weighted by atomic mass is 9.94. The van der Waals surface area contributed by atoms with E-state index < -0.39 is 0 Å². The molecule has 0 saturated carbocycles. The molecule has 0 aliphatic rings. The minimum Gasteiger partial charge on any atom is -0.370 e. The van der Waals surface area contributed by atoms with Crippen LogP contribution in [0.15, 0.2) is 64.5 Å². The molecular formula is C30H40N8O. The van der Waals surface area contributed by atoms with Crippen LogP contribution in [0.4, 0.5) is 0 Å². The fourth-order valence-corrected chi connectivity index (χ4v) is 4.58. The summed E-state index contributed by atoms with van der Waals surface area (Å²) in [7, 11) is 0. The monoisotopic (exact) mass is 528 g/mol. The molecule has 0 spiro atoms. The van der Waals surface area contributed by atoms with Crippen LogP contribution < -0.4 is 28.2 Å². The lowest BCUT2D eigenvalue weighted by molar-refractivity contribution is 0.655. The second kappa shape index (κ2) is 13.2. The molecule has 8 N–H and O–H groups in total. The number of hydrogen-bond donors (Lipinski definition) is 5. The van der Waals surface area contributed by atoms with Crippen molar-refractivity contribution in [3.63, 3.8) is 0 Å². The summed E-state index contributed by atoms with van der Waals surface area (Å²) in [6, 6.07) is 16.7. The molecule has 0 aliphatic carbocycles. The number of aryl methyl sites for hydroxylation is 1. The number of aromatic nitrogens is 3. The fourth-order valence-electron chi connectivity index (χ4n) is 4.58. The summed E-state index contributed by atoms with van der Waals surface area (Å²) in [6.07, 6.45) is 5.79. The highest BCUT2D eigenvalue weighted by Gasteiger charge is 2.12. The lowest BCUT2D eigenvalue weighted by Gasteiger charge is -2.12. The molecule has 0 unspecified atom stereocenters. The van der Waals surface area contributed by atoms with Gasteiger partial charge in [0, 0.05) is 30.4 Å². The lowest BCUT2D eigenvalue weighted by Crippen LogP contribution is -2.23. The Kier molecular flexibility index (Phi) is 9.51. The van der Waals surface area contributed by atoms with Crippen molar-refractivity contribution >= 4 is 17.0 Å². The first kappa shape index (κ1) is 28.1. The van der Waals surface area contributed by atoms with Crippen molar-refractivity contribution in [2.24, 2.45) is 22.2 Å². The van der Waals surface area contributed by atoms with E-state index in [4.69, 9.17) is 17.2 Å². The van der Waals surface area contributed by atoms with Gasteiger partial charge in [-0.15, -0.1) is 0 Å². The number of hydrogen-bond acceptors (Lipinski definition) is 5. The number of aromatic amines is 1. The highest BCUT2D eigenvalue weighted by atomic mass is 16.1. The van der Waals surface area contributed by atoms with Gasteiger partial charge in [0.2, 0.25) is 0 Å². The Balaban J connectivity index is 1.52. The summed E-state index contributed by atoms with van der Waals surface area (Å²) in [4.78, 5) is 24.6. The van der Waals surface area contributed by atoms with Gasteiger partial charge in [0.25, 0.3) is 0 Å². The van der Waals surface area contributed by atoms with E-state index in [2.05, 4.69) is 58.4 Å². The van der Waals surface area contributed by atoms with Crippen LogP contribution in [0.25, 0.3) is 28.0 Å². The largest absolute Gasteiger partial charge is 0.370 e. The molecule has 0 atom stereocenters. The second-order valence-electron chi connectivity index (χ2n) is 10.2. The number of nitrogens with two attached hydrogens (primary N) is 3. The molecule has 0 aliphatic heterocycles. The summed E-state index contributed by atoms with van der Waals surface area (Å²) in [5.41, 5.74) is 23.2. The first-order chi connectivity index (χ1) is 18.8. The molecular weight excluding hydrogens is 488 g/mol. The second-order valence-corrected chi connectivity index (χ2v) is 10.2. The van der Waals surface area contributed by atoms with Crippen LogP contribution in [0.1, 0.15) is 55.7 Å². The van der Waals surface area contributed by atoms with Gasteiger partial charge >= 0.3 is 5.69 Å². The van der Waals surface area contributed by atoms with Crippen LogP contribution in [-0.2, 0) is 13.0 Å². The molecule has 0 saturated heterocycles. The van der Waals surface area contributed by atoms with Crippen LogP contribution in [0.5, 0.6) is 0 Å². The number of fused-ring (bicyclic) bond motifs is 1. The molecule has 0 fully saturated rings. The standard InChI is InChI=1S/C30H40N8O/c1-20(2)23-14-22(6-3-4-11-31)15-24(16-23)27-17-25-19-38(30(39)37-28(25)36-27)26-9-7-21(8-10-26)18-34-12-5-13-35-29(32)33/h7-10,14-17,19-20,34H,3-6,11-13,18,31H2,1-2H3,(H4,32,33,35)(H,36,37,39). The molecule has 9 nitrogen and oxygen atoms in total. The molecule has 9 heteroatoms. The van der Waals surface area contributed by atoms with E-state index in [-0.39, 0.29) is 11.6 Å². The van der Waals surface area contributed by atoms with E-state index >= 15 is 0 Å². The average molecular weight is 529 g/mol. The number of aliphatic imine (C=N–C) groups is 1. The molecule has 2 aromatic carbocycles. The van der Waals surface area contributed by atoms with Gasteiger partial charge in [0.05, 0.1) is 5.69 Å². The Morgan fingerprint density at radius 1 is 1.05 bits per heavy atom. The van der Waals surface area contributed by atoms with E-state index in [1.807, 2.05) is 30.5 Å². The average Bonchev–Trinajstić information content (AvgIpc) is 3.33. The Morgan fingerprint density at radius 2 is 1.85 bits per heavy atom. The van der Waals surface area contributed by atoms with Gasteiger partial charge in [0.15, 0.2) is 5.96 Å². The molecule has 4 aromatic rings. The number of nitrogens with zero attached hydrogens (tertiary/aromatic N) is 3. The third-order valence-corrected chi connectivity index (χ3v) is 6.77. The van der Waals surface area contributed by atoms with Crippen molar-refractivity contribution in [2.75, 3.05) is 19.6 Å². The number of nitrogens with one attached hydrogen (secondary N) is 2. The predicted molar refractivity (Wildman–Crippen MR) is 160 cm³/mol. The summed E-state index contributed by atoms with van der Waals surface area (Å²) >= 11 is 0. The van der Waals surface area contributed by atoms with Gasteiger partial charge in [-0.05, 0) is 97.3 Å². The van der Waals surface area contributed by atoms with Crippen molar-refractivity contribution in [3.8, 4) is 16.9 Å². The Morgan fingerprint density at radius 3 is 2.56 bits per heavy atom. The van der Waals surface area contributed by atoms with Crippen LogP contribution in [0, 0.1) is 0 Å². The highest BCUT2D eigenvalue weighted by molar-refractivity contribution is 5.82. The van der Waals surface area contributed by atoms with Crippen molar-refractivity contribution in [3.05, 3.63) is 81.9 Å². The van der Waals surface area contributed by atoms with Crippen molar-refractivity contribution in [1.82, 2.24) is 19.9 Å². The number of benzene rings is 2. The molecule has 206 valence electrons. The van der Waals surface area contributed by atoms with Crippen LogP contribution in [-0.4, -0.2) is 40.1 Å². The van der Waals surface area contributed by atoms with E-state index in [9.17, 15) is 4.79 Å². The van der Waals surface area contributed by atoms with Crippen molar-refractivity contribution in [2.45, 2.75) is 52.0 Å². The third-order valence-electron chi connectivity index (χ3n) is 6.77. The van der Waals surface area contributed by atoms with Crippen LogP contribution >= 0.6 is 0 Å². The quantitative estimate of drug-likeness (QED) is 0.102. The zero-order valence-electron chi connectivity index (χ0n) is 22.9. The molecule has 0 bridgehead atoms. The minimum atomic E-state index is -0.320. The summed E-state index contributed by atoms with van der Waals surface area (Å²) in [6.45, 7) is 7.26. The minimum absolute atomic E-state index is 0.118. The molecule has 2 aromatic heterocycles. The van der Waals surface area contributed by atoms with E-state index in [0.717, 1.165) is 66.7 Å². The van der Waals surface area contributed by atoms with Gasteiger partial charge < -0.3 is 27.5 Å². The first-order valence-electron chi connectivity index (χ1n) is 13.7. The Bertz CT molecular complexity index is 1460. The number of H-pyrrole nitrogens is 1. The van der Waals surface area contributed by atoms with E-state index in [1.165, 1.54) is 11.1 Å². The van der Waals surface area contributed by atoms with Gasteiger partial charge in [-0.2, -0.15) is 4.98 Å². The topological polar surface area (TPSA) is 153 Å². The predicted octanol–water partition coefficient (Wildman–Crippen LogP) is 3.54. The van der Waals surface area contributed by atoms with Gasteiger partial charge in [-0.1, -0.05) is 32.0 Å². The summed E-state index contributed by atoms with van der Waals surface area (Å²) in [5, 5.41) is 4.26. The van der Waals surface area contributed by atoms with Crippen LogP contribution in [0.2, 0.25) is 0 Å². The highest BCUT2D eigenvalue weighted by Crippen LogP contribution is 2.28. The van der Waals surface area contributed by atoms with E-state index in [1.54, 1.807) is 4.57 Å². The Labute approximate surface area is 229 Å². The fraction of sp³-hybridized carbons (Fsp3) is 0.367. The first-order valence-corrected chi connectivity index (χ1v) is 13.7. The zero-order valence-corrected chi connectivity index (χ0v) is 22.9. The van der Waals surface area contributed by atoms with Crippen molar-refractivity contribution in [1.29, 1.82) is 0 Å². The summed E-state index contributed by atoms with van der Waals surface area (Å²) in [5.74, 6) is 0.534. The number of rotatable bonds is 13. The van der Waals surface area contributed by atoms with Gasteiger partial charge in [-0.25, -0.2) is 4.79 Å². The van der Waals surface area contributed by atoms with Gasteiger partial charge in [0.1, 0.15) is 5.65 Å². The van der Waals surface area contributed by atoms with Gasteiger partial charge in [-0.3, -0.25) is 9.56 Å². The molecule has 2 heterocycles. The Hall–Kier alpha value is -3.95. The number of guanidine groups is 1. The normalized spacial score (nSPS) is 11.4. The maximum absolute atomic E-state index is 12.9. The molecule has 4 rings (SSSR count). The summed E-state index contributed by atoms with van der Waals surface area (Å²) < 4.78 is 1.59. The molecule has 39 heavy (non-hydrogen) atoms. The number of unbranched alkanes of at least 4 members (excludes halogenated alkanes) is 1. The maximum atomic E-state index is 12.9. The third kappa shape index (κ3) is 7.55. The molecule has 0 radical (unpaired) electrons. The van der Waals surface area contributed by atoms with Crippen LogP contribution in [0.3, 0.4) is 0 Å². The molecule has 0 amide bonds. The smallest absolute Gasteiger partial charge is 0.354 e. The SMILES string of the molecule is CC(C)c1cc(CCCCN)cc(-c2cc3cn(-c4ccc(CNCCCN=C(N)N)cc4)c(=O)nc3[nH]2)c1.